The van der Waals surface area contributed by atoms with Crippen LogP contribution >= 0.6 is 0 Å². The minimum atomic E-state index is -5.50. The number of halogens is 4. The average molecular weight is 599 g/mol. The SMILES string of the molecule is CC(C)(C)OC(=O)CN(C(=O)C(F)(F)F)c1c(OCc2ccccc2)cc2c(c1F)C[C@H](CO)N2C(=O)OC(C)(C)C. The standard InChI is InChI=1S/C29H34F4N2O7/c1-27(2,3)41-22(37)14-34(25(38)29(31,32)33)24-21(40-16-17-10-8-7-9-11-17)13-20-19(23(24)30)12-18(15-36)35(20)26(39)42-28(4,5)6/h7-11,13,18,36H,12,14-16H2,1-6H3/t18-/m1/s1. The number of benzene rings is 2. The zero-order valence-corrected chi connectivity index (χ0v) is 24.2. The fraction of sp³-hybridized carbons (Fsp3) is 0.483. The van der Waals surface area contributed by atoms with Crippen molar-refractivity contribution in [2.24, 2.45) is 0 Å². The second kappa shape index (κ2) is 12.2. The van der Waals surface area contributed by atoms with Crippen LogP contribution in [-0.4, -0.2) is 59.6 Å². The normalized spacial score (nSPS) is 15.2. The van der Waals surface area contributed by atoms with E-state index in [2.05, 4.69) is 0 Å². The molecule has 42 heavy (non-hydrogen) atoms. The fourth-order valence-corrected chi connectivity index (χ4v) is 4.29. The number of aliphatic hydroxyl groups excluding tert-OH is 1. The molecule has 0 aromatic heterocycles. The average Bonchev–Trinajstić information content (AvgIpc) is 3.23. The van der Waals surface area contributed by atoms with E-state index >= 15 is 4.39 Å². The van der Waals surface area contributed by atoms with E-state index in [0.29, 0.717) is 5.56 Å². The smallest absolute Gasteiger partial charge is 0.471 e. The Kier molecular flexibility index (Phi) is 9.45. The Morgan fingerprint density at radius 2 is 1.60 bits per heavy atom. The molecule has 0 aliphatic carbocycles. The monoisotopic (exact) mass is 598 g/mol. The number of esters is 1. The zero-order valence-electron chi connectivity index (χ0n) is 24.2. The summed E-state index contributed by atoms with van der Waals surface area (Å²) < 4.78 is 74.1. The molecule has 1 aliphatic rings. The Bertz CT molecular complexity index is 1320. The number of hydrogen-bond acceptors (Lipinski definition) is 7. The molecule has 0 bridgehead atoms. The molecule has 2 amide bonds. The maximum Gasteiger partial charge on any atom is 0.471 e. The van der Waals surface area contributed by atoms with E-state index in [1.807, 2.05) is 0 Å². The van der Waals surface area contributed by atoms with Crippen LogP contribution in [0.3, 0.4) is 0 Å². The summed E-state index contributed by atoms with van der Waals surface area (Å²) in [5.41, 5.74) is -2.87. The molecule has 0 radical (unpaired) electrons. The van der Waals surface area contributed by atoms with Gasteiger partial charge in [-0.05, 0) is 47.1 Å². The lowest BCUT2D eigenvalue weighted by atomic mass is 10.1. The van der Waals surface area contributed by atoms with E-state index in [1.54, 1.807) is 51.1 Å². The number of nitrogens with zero attached hydrogens (tertiary/aromatic N) is 2. The quantitative estimate of drug-likeness (QED) is 0.341. The Hall–Kier alpha value is -3.87. The van der Waals surface area contributed by atoms with Crippen molar-refractivity contribution < 1.29 is 51.3 Å². The van der Waals surface area contributed by atoms with Gasteiger partial charge in [0.05, 0.1) is 18.3 Å². The van der Waals surface area contributed by atoms with Gasteiger partial charge in [-0.2, -0.15) is 13.2 Å². The Morgan fingerprint density at radius 3 is 2.12 bits per heavy atom. The first kappa shape index (κ1) is 32.6. The van der Waals surface area contributed by atoms with E-state index < -0.39 is 71.8 Å². The van der Waals surface area contributed by atoms with Crippen LogP contribution in [0, 0.1) is 5.82 Å². The highest BCUT2D eigenvalue weighted by atomic mass is 19.4. The number of alkyl halides is 3. The lowest BCUT2D eigenvalue weighted by Crippen LogP contribution is -2.46. The first-order valence-corrected chi connectivity index (χ1v) is 13.1. The lowest BCUT2D eigenvalue weighted by molar-refractivity contribution is -0.171. The maximum absolute atomic E-state index is 16.4. The first-order valence-electron chi connectivity index (χ1n) is 13.1. The summed E-state index contributed by atoms with van der Waals surface area (Å²) in [6, 6.07) is 8.46. The zero-order chi connectivity index (χ0) is 31.6. The molecule has 0 fully saturated rings. The van der Waals surface area contributed by atoms with Crippen molar-refractivity contribution in [2.75, 3.05) is 23.0 Å². The number of aliphatic hydroxyl groups is 1. The van der Waals surface area contributed by atoms with E-state index in [-0.39, 0.29) is 29.2 Å². The third kappa shape index (κ3) is 7.90. The Morgan fingerprint density at radius 1 is 1.00 bits per heavy atom. The maximum atomic E-state index is 16.4. The predicted molar refractivity (Wildman–Crippen MR) is 145 cm³/mol. The highest BCUT2D eigenvalue weighted by Crippen LogP contribution is 2.45. The molecular weight excluding hydrogens is 564 g/mol. The number of carbonyl (C=O) groups is 3. The van der Waals surface area contributed by atoms with Gasteiger partial charge in [-0.3, -0.25) is 19.4 Å². The van der Waals surface area contributed by atoms with E-state index in [4.69, 9.17) is 14.2 Å². The highest BCUT2D eigenvalue weighted by Gasteiger charge is 2.47. The number of fused-ring (bicyclic) bond motifs is 1. The molecule has 2 aromatic carbocycles. The van der Waals surface area contributed by atoms with Crippen molar-refractivity contribution in [3.05, 3.63) is 53.3 Å². The van der Waals surface area contributed by atoms with Gasteiger partial charge in [0.15, 0.2) is 5.82 Å². The van der Waals surface area contributed by atoms with Crippen LogP contribution in [0.25, 0.3) is 0 Å². The fourth-order valence-electron chi connectivity index (χ4n) is 4.29. The van der Waals surface area contributed by atoms with Crippen LogP contribution in [0.2, 0.25) is 0 Å². The van der Waals surface area contributed by atoms with E-state index in [0.717, 1.165) is 11.0 Å². The van der Waals surface area contributed by atoms with Gasteiger partial charge in [0.25, 0.3) is 0 Å². The summed E-state index contributed by atoms with van der Waals surface area (Å²) in [6.07, 6.45) is -6.75. The number of carbonyl (C=O) groups excluding carboxylic acids is 3. The predicted octanol–water partition coefficient (Wildman–Crippen LogP) is 5.30. The van der Waals surface area contributed by atoms with Crippen LogP contribution in [0.4, 0.5) is 33.7 Å². The molecule has 0 saturated heterocycles. The molecular formula is C29H34F4N2O7. The summed E-state index contributed by atoms with van der Waals surface area (Å²) in [7, 11) is 0. The van der Waals surface area contributed by atoms with Crippen molar-refractivity contribution in [1.29, 1.82) is 0 Å². The van der Waals surface area contributed by atoms with Gasteiger partial charge >= 0.3 is 24.1 Å². The Labute approximate surface area is 240 Å². The lowest BCUT2D eigenvalue weighted by Gasteiger charge is -2.30. The van der Waals surface area contributed by atoms with Gasteiger partial charge in [0.1, 0.15) is 35.8 Å². The third-order valence-corrected chi connectivity index (χ3v) is 5.85. The number of rotatable bonds is 7. The third-order valence-electron chi connectivity index (χ3n) is 5.85. The molecule has 1 heterocycles. The number of anilines is 2. The van der Waals surface area contributed by atoms with Crippen LogP contribution in [0.1, 0.15) is 52.7 Å². The van der Waals surface area contributed by atoms with Crippen molar-refractivity contribution in [3.63, 3.8) is 0 Å². The largest absolute Gasteiger partial charge is 0.487 e. The van der Waals surface area contributed by atoms with Gasteiger partial charge < -0.3 is 19.3 Å². The van der Waals surface area contributed by atoms with Crippen molar-refractivity contribution >= 4 is 29.3 Å². The Balaban J connectivity index is 2.22. The molecule has 3 rings (SSSR count). The van der Waals surface area contributed by atoms with Gasteiger partial charge in [0, 0.05) is 18.1 Å². The molecule has 230 valence electrons. The number of ether oxygens (including phenoxy) is 3. The van der Waals surface area contributed by atoms with Gasteiger partial charge in [-0.15, -0.1) is 0 Å². The minimum Gasteiger partial charge on any atom is -0.487 e. The summed E-state index contributed by atoms with van der Waals surface area (Å²) in [5.74, 6) is -5.64. The molecule has 1 atom stereocenters. The van der Waals surface area contributed by atoms with Gasteiger partial charge in [-0.1, -0.05) is 30.3 Å². The van der Waals surface area contributed by atoms with Crippen LogP contribution in [-0.2, 0) is 32.1 Å². The van der Waals surface area contributed by atoms with Gasteiger partial charge in [0.2, 0.25) is 0 Å². The summed E-state index contributed by atoms with van der Waals surface area (Å²) in [5, 5.41) is 9.99. The minimum absolute atomic E-state index is 0.0753. The van der Waals surface area contributed by atoms with Crippen LogP contribution in [0.5, 0.6) is 5.75 Å². The summed E-state index contributed by atoms with van der Waals surface area (Å²) in [4.78, 5) is 39.3. The van der Waals surface area contributed by atoms with Crippen LogP contribution in [0.15, 0.2) is 36.4 Å². The molecule has 0 spiro atoms. The topological polar surface area (TPSA) is 106 Å². The van der Waals surface area contributed by atoms with Gasteiger partial charge in [-0.25, -0.2) is 9.18 Å². The molecule has 0 unspecified atom stereocenters. The number of hydrogen-bond donors (Lipinski definition) is 1. The molecule has 13 heteroatoms. The molecule has 9 nitrogen and oxygen atoms in total. The van der Waals surface area contributed by atoms with E-state index in [9.17, 15) is 32.7 Å². The summed E-state index contributed by atoms with van der Waals surface area (Å²) >= 11 is 0. The molecule has 0 saturated carbocycles. The molecule has 1 aliphatic heterocycles. The van der Waals surface area contributed by atoms with Crippen molar-refractivity contribution in [3.8, 4) is 5.75 Å². The van der Waals surface area contributed by atoms with E-state index in [1.165, 1.54) is 20.8 Å². The number of amides is 2. The van der Waals surface area contributed by atoms with Crippen LogP contribution < -0.4 is 14.5 Å². The molecule has 2 aromatic rings. The second-order valence-electron chi connectivity index (χ2n) is 11.7. The summed E-state index contributed by atoms with van der Waals surface area (Å²) in [6.45, 7) is 7.06. The van der Waals surface area contributed by atoms with Crippen molar-refractivity contribution in [2.45, 2.75) is 78.0 Å². The highest BCUT2D eigenvalue weighted by molar-refractivity contribution is 6.03. The van der Waals surface area contributed by atoms with Crippen molar-refractivity contribution in [1.82, 2.24) is 0 Å². The molecule has 1 N–H and O–H groups in total. The second-order valence-corrected chi connectivity index (χ2v) is 11.7. The first-order chi connectivity index (χ1) is 19.3.